The van der Waals surface area contributed by atoms with Gasteiger partial charge in [0.15, 0.2) is 0 Å². The van der Waals surface area contributed by atoms with Crippen LogP contribution in [-0.4, -0.2) is 36.8 Å². The highest BCUT2D eigenvalue weighted by molar-refractivity contribution is 5.29. The van der Waals surface area contributed by atoms with E-state index >= 15 is 0 Å². The molecule has 2 unspecified atom stereocenters. The van der Waals surface area contributed by atoms with Crippen molar-refractivity contribution >= 4 is 0 Å². The number of hydrogen-bond donors (Lipinski definition) is 1. The Bertz CT molecular complexity index is 433. The maximum absolute atomic E-state index is 10.5. The van der Waals surface area contributed by atoms with Gasteiger partial charge < -0.3 is 14.7 Å². The van der Waals surface area contributed by atoms with E-state index in [-0.39, 0.29) is 0 Å². The highest BCUT2D eigenvalue weighted by atomic mass is 16.5. The first kappa shape index (κ1) is 16.3. The first-order valence-electron chi connectivity index (χ1n) is 8.14. The molecule has 1 aliphatic rings. The summed E-state index contributed by atoms with van der Waals surface area (Å²) in [6.07, 6.45) is 3.38. The number of methoxy groups -OCH3 is 1. The highest BCUT2D eigenvalue weighted by Crippen LogP contribution is 2.26. The van der Waals surface area contributed by atoms with Crippen LogP contribution in [0.15, 0.2) is 24.3 Å². The molecular formula is C18H29NO2. The molecule has 1 heterocycles. The molecular weight excluding hydrogens is 262 g/mol. The maximum atomic E-state index is 10.5. The molecule has 3 heteroatoms. The molecule has 1 N–H and O–H groups in total. The second kappa shape index (κ2) is 7.81. The molecule has 1 aliphatic heterocycles. The summed E-state index contributed by atoms with van der Waals surface area (Å²) in [6, 6.07) is 7.76. The number of nitrogens with zero attached hydrogens (tertiary/aromatic N) is 1. The molecule has 0 radical (unpaired) electrons. The number of ether oxygens (including phenoxy) is 1. The third-order valence-corrected chi connectivity index (χ3v) is 4.72. The summed E-state index contributed by atoms with van der Waals surface area (Å²) >= 11 is 0. The van der Waals surface area contributed by atoms with Gasteiger partial charge in [-0.15, -0.1) is 0 Å². The monoisotopic (exact) mass is 291 g/mol. The van der Waals surface area contributed by atoms with Crippen molar-refractivity contribution in [2.75, 3.05) is 26.7 Å². The van der Waals surface area contributed by atoms with Gasteiger partial charge in [0.05, 0.1) is 13.2 Å². The molecule has 2 rings (SSSR count). The third-order valence-electron chi connectivity index (χ3n) is 4.72. The van der Waals surface area contributed by atoms with E-state index < -0.39 is 6.10 Å². The zero-order chi connectivity index (χ0) is 15.2. The molecule has 1 aromatic carbocycles. The molecule has 0 spiro atoms. The fourth-order valence-electron chi connectivity index (χ4n) is 3.23. The average molecular weight is 291 g/mol. The Morgan fingerprint density at radius 3 is 2.81 bits per heavy atom. The quantitative estimate of drug-likeness (QED) is 0.901. The number of hydrogen-bond acceptors (Lipinski definition) is 3. The molecule has 1 aromatic rings. The van der Waals surface area contributed by atoms with Crippen LogP contribution in [0.5, 0.6) is 5.75 Å². The zero-order valence-corrected chi connectivity index (χ0v) is 13.6. The Balaban J connectivity index is 1.91. The van der Waals surface area contributed by atoms with E-state index in [0.29, 0.717) is 0 Å². The van der Waals surface area contributed by atoms with Gasteiger partial charge in [0.25, 0.3) is 0 Å². The van der Waals surface area contributed by atoms with Gasteiger partial charge in [0, 0.05) is 6.54 Å². The minimum Gasteiger partial charge on any atom is -0.497 e. The number of rotatable bonds is 5. The molecule has 1 fully saturated rings. The summed E-state index contributed by atoms with van der Waals surface area (Å²) < 4.78 is 5.23. The fraction of sp³-hybridized carbons (Fsp3) is 0.667. The van der Waals surface area contributed by atoms with Gasteiger partial charge >= 0.3 is 0 Å². The van der Waals surface area contributed by atoms with Gasteiger partial charge in [-0.3, -0.25) is 0 Å². The summed E-state index contributed by atoms with van der Waals surface area (Å²) in [6.45, 7) is 7.57. The lowest BCUT2D eigenvalue weighted by Gasteiger charge is -2.24. The summed E-state index contributed by atoms with van der Waals surface area (Å²) in [7, 11) is 1.66. The lowest BCUT2D eigenvalue weighted by Crippen LogP contribution is -2.30. The molecule has 21 heavy (non-hydrogen) atoms. The van der Waals surface area contributed by atoms with Crippen molar-refractivity contribution in [2.45, 2.75) is 39.2 Å². The van der Waals surface area contributed by atoms with Crippen molar-refractivity contribution in [1.82, 2.24) is 4.90 Å². The Morgan fingerprint density at radius 1 is 1.29 bits per heavy atom. The van der Waals surface area contributed by atoms with E-state index in [2.05, 4.69) is 18.7 Å². The van der Waals surface area contributed by atoms with E-state index in [1.807, 2.05) is 24.3 Å². The van der Waals surface area contributed by atoms with Crippen molar-refractivity contribution in [2.24, 2.45) is 11.8 Å². The number of likely N-dealkylation sites (tertiary alicyclic amines) is 1. The van der Waals surface area contributed by atoms with Gasteiger partial charge in [-0.25, -0.2) is 0 Å². The fourth-order valence-corrected chi connectivity index (χ4v) is 3.23. The van der Waals surface area contributed by atoms with Crippen LogP contribution in [-0.2, 0) is 0 Å². The summed E-state index contributed by atoms with van der Waals surface area (Å²) in [5.41, 5.74) is 0.944. The first-order chi connectivity index (χ1) is 10.1. The van der Waals surface area contributed by atoms with Crippen molar-refractivity contribution in [3.8, 4) is 5.75 Å². The Labute approximate surface area is 128 Å². The van der Waals surface area contributed by atoms with Gasteiger partial charge in [0.2, 0.25) is 0 Å². The van der Waals surface area contributed by atoms with Crippen molar-refractivity contribution in [3.63, 3.8) is 0 Å². The zero-order valence-electron chi connectivity index (χ0n) is 13.6. The van der Waals surface area contributed by atoms with Crippen molar-refractivity contribution in [3.05, 3.63) is 29.8 Å². The Kier molecular flexibility index (Phi) is 6.07. The lowest BCUT2D eigenvalue weighted by molar-refractivity contribution is 0.114. The van der Waals surface area contributed by atoms with Gasteiger partial charge in [0.1, 0.15) is 5.75 Å². The second-order valence-corrected chi connectivity index (χ2v) is 6.53. The topological polar surface area (TPSA) is 32.7 Å². The van der Waals surface area contributed by atoms with Crippen LogP contribution in [0.4, 0.5) is 0 Å². The van der Waals surface area contributed by atoms with Crippen LogP contribution in [0.1, 0.15) is 44.8 Å². The smallest absolute Gasteiger partial charge is 0.119 e. The van der Waals surface area contributed by atoms with E-state index in [4.69, 9.17) is 4.74 Å². The summed E-state index contributed by atoms with van der Waals surface area (Å²) in [5.74, 6) is 2.42. The van der Waals surface area contributed by atoms with E-state index in [1.54, 1.807) is 7.11 Å². The predicted octanol–water partition coefficient (Wildman–Crippen LogP) is 3.49. The first-order valence-corrected chi connectivity index (χ1v) is 8.14. The summed E-state index contributed by atoms with van der Waals surface area (Å²) in [5, 5.41) is 10.5. The van der Waals surface area contributed by atoms with Gasteiger partial charge in [-0.05, 0) is 61.9 Å². The molecule has 0 amide bonds. The summed E-state index contributed by atoms with van der Waals surface area (Å²) in [4.78, 5) is 2.41. The number of benzene rings is 1. The second-order valence-electron chi connectivity index (χ2n) is 6.53. The van der Waals surface area contributed by atoms with Crippen LogP contribution in [0, 0.1) is 11.8 Å². The third kappa shape index (κ3) is 4.72. The number of β-amino-alcohol motifs (C(OH)–C–C–N with tert-alkyl or cyclic N) is 1. The maximum Gasteiger partial charge on any atom is 0.119 e. The minimum absolute atomic E-state index is 0.435. The SMILES string of the molecule is COc1cccc(C(O)CN2CCCC(C(C)C)CC2)c1. The standard InChI is InChI=1S/C18H29NO2/c1-14(2)15-7-5-10-19(11-9-15)13-18(20)16-6-4-8-17(12-16)21-3/h4,6,8,12,14-15,18,20H,5,7,9-11,13H2,1-3H3. The molecule has 1 saturated heterocycles. The van der Waals surface area contributed by atoms with Crippen LogP contribution >= 0.6 is 0 Å². The van der Waals surface area contributed by atoms with Crippen LogP contribution in [0.3, 0.4) is 0 Å². The molecule has 3 nitrogen and oxygen atoms in total. The largest absolute Gasteiger partial charge is 0.497 e. The number of aliphatic hydroxyl groups is 1. The van der Waals surface area contributed by atoms with E-state index in [1.165, 1.54) is 19.3 Å². The van der Waals surface area contributed by atoms with Crippen LogP contribution in [0.25, 0.3) is 0 Å². The Hall–Kier alpha value is -1.06. The molecule has 0 bridgehead atoms. The van der Waals surface area contributed by atoms with Crippen LogP contribution in [0.2, 0.25) is 0 Å². The molecule has 2 atom stereocenters. The lowest BCUT2D eigenvalue weighted by atomic mass is 9.89. The molecule has 0 aliphatic carbocycles. The van der Waals surface area contributed by atoms with Crippen molar-refractivity contribution < 1.29 is 9.84 Å². The van der Waals surface area contributed by atoms with E-state index in [9.17, 15) is 5.11 Å². The minimum atomic E-state index is -0.435. The Morgan fingerprint density at radius 2 is 2.10 bits per heavy atom. The normalized spacial score (nSPS) is 22.0. The van der Waals surface area contributed by atoms with Crippen molar-refractivity contribution in [1.29, 1.82) is 0 Å². The molecule has 0 saturated carbocycles. The highest BCUT2D eigenvalue weighted by Gasteiger charge is 2.21. The van der Waals surface area contributed by atoms with Gasteiger partial charge in [-0.2, -0.15) is 0 Å². The number of aliphatic hydroxyl groups excluding tert-OH is 1. The van der Waals surface area contributed by atoms with Crippen LogP contribution < -0.4 is 4.74 Å². The van der Waals surface area contributed by atoms with E-state index in [0.717, 1.165) is 42.8 Å². The average Bonchev–Trinajstić information content (AvgIpc) is 2.73. The van der Waals surface area contributed by atoms with Gasteiger partial charge in [-0.1, -0.05) is 26.0 Å². The molecule has 118 valence electrons. The predicted molar refractivity (Wildman–Crippen MR) is 86.6 cm³/mol. The molecule has 0 aromatic heterocycles.